The van der Waals surface area contributed by atoms with Gasteiger partial charge in [-0.25, -0.2) is 4.98 Å². The van der Waals surface area contributed by atoms with Crippen molar-refractivity contribution in [3.05, 3.63) is 11.1 Å². The number of piperidine rings is 1. The summed E-state index contributed by atoms with van der Waals surface area (Å²) in [6.45, 7) is 4.04. The Labute approximate surface area is 118 Å². The van der Waals surface area contributed by atoms with E-state index in [1.165, 1.54) is 6.42 Å². The van der Waals surface area contributed by atoms with Gasteiger partial charge in [-0.3, -0.25) is 4.79 Å². The number of hydrogen-bond donors (Lipinski definition) is 1. The highest BCUT2D eigenvalue weighted by Gasteiger charge is 2.28. The van der Waals surface area contributed by atoms with Crippen LogP contribution in [0.25, 0.3) is 0 Å². The Morgan fingerprint density at radius 2 is 2.11 bits per heavy atom. The largest absolute Gasteiger partial charge is 0.353 e. The Bertz CT molecular complexity index is 447. The van der Waals surface area contributed by atoms with Gasteiger partial charge in [-0.15, -0.1) is 11.3 Å². The molecule has 1 N–H and O–H groups in total. The fourth-order valence-corrected chi connectivity index (χ4v) is 3.55. The fourth-order valence-electron chi connectivity index (χ4n) is 2.69. The molecular weight excluding hydrogens is 258 g/mol. The van der Waals surface area contributed by atoms with Crippen LogP contribution in [0.4, 0.5) is 5.13 Å². The van der Waals surface area contributed by atoms with Crippen molar-refractivity contribution in [1.82, 2.24) is 10.3 Å². The van der Waals surface area contributed by atoms with Crippen LogP contribution in [-0.2, 0) is 4.79 Å². The van der Waals surface area contributed by atoms with Crippen molar-refractivity contribution in [1.29, 1.82) is 0 Å². The normalized spacial score (nSPS) is 21.2. The van der Waals surface area contributed by atoms with Gasteiger partial charge in [0.1, 0.15) is 0 Å². The predicted octanol–water partition coefficient (Wildman–Crippen LogP) is 2.34. The summed E-state index contributed by atoms with van der Waals surface area (Å²) >= 11 is 1.72. The van der Waals surface area contributed by atoms with E-state index in [0.29, 0.717) is 12.0 Å². The number of aryl methyl sites for hydroxylation is 1. The maximum Gasteiger partial charge on any atom is 0.223 e. The molecular formula is C14H21N3OS. The summed E-state index contributed by atoms with van der Waals surface area (Å²) in [5.41, 5.74) is 1.10. The standard InChI is InChI=1S/C14H21N3OS/c1-10-9-19-14(15-10)17-7-5-12(6-8-17)16-13(18)11-3-2-4-11/h9,11-12H,2-8H2,1H3,(H,16,18). The van der Waals surface area contributed by atoms with E-state index in [9.17, 15) is 4.79 Å². The lowest BCUT2D eigenvalue weighted by Gasteiger charge is -2.34. The highest BCUT2D eigenvalue weighted by molar-refractivity contribution is 7.13. The summed E-state index contributed by atoms with van der Waals surface area (Å²) in [6.07, 6.45) is 5.47. The van der Waals surface area contributed by atoms with Crippen molar-refractivity contribution in [2.24, 2.45) is 5.92 Å². The summed E-state index contributed by atoms with van der Waals surface area (Å²) in [5.74, 6) is 0.592. The number of thiazole rings is 1. The number of anilines is 1. The number of carbonyl (C=O) groups is 1. The Hall–Kier alpha value is -1.10. The van der Waals surface area contributed by atoms with Crippen molar-refractivity contribution < 1.29 is 4.79 Å². The maximum atomic E-state index is 11.9. The zero-order valence-electron chi connectivity index (χ0n) is 11.4. The molecule has 0 atom stereocenters. The van der Waals surface area contributed by atoms with Crippen LogP contribution >= 0.6 is 11.3 Å². The molecule has 2 aliphatic rings. The zero-order chi connectivity index (χ0) is 13.2. The molecule has 0 radical (unpaired) electrons. The molecule has 3 rings (SSSR count). The molecule has 1 aromatic rings. The third-order valence-corrected chi connectivity index (χ3v) is 5.21. The first-order valence-electron chi connectivity index (χ1n) is 7.20. The van der Waals surface area contributed by atoms with Gasteiger partial charge in [0, 0.05) is 30.4 Å². The molecule has 19 heavy (non-hydrogen) atoms. The third-order valence-electron chi connectivity index (χ3n) is 4.19. The van der Waals surface area contributed by atoms with Gasteiger partial charge in [0.05, 0.1) is 5.69 Å². The summed E-state index contributed by atoms with van der Waals surface area (Å²) in [5, 5.41) is 6.44. The van der Waals surface area contributed by atoms with E-state index in [1.54, 1.807) is 11.3 Å². The number of hydrogen-bond acceptors (Lipinski definition) is 4. The molecule has 1 aromatic heterocycles. The van der Waals surface area contributed by atoms with Gasteiger partial charge in [0.2, 0.25) is 5.91 Å². The van der Waals surface area contributed by atoms with E-state index in [0.717, 1.165) is 49.6 Å². The summed E-state index contributed by atoms with van der Waals surface area (Å²) in [4.78, 5) is 18.8. The molecule has 2 fully saturated rings. The molecule has 1 aliphatic carbocycles. The van der Waals surface area contributed by atoms with Gasteiger partial charge in [0.25, 0.3) is 0 Å². The van der Waals surface area contributed by atoms with Gasteiger partial charge >= 0.3 is 0 Å². The van der Waals surface area contributed by atoms with E-state index in [2.05, 4.69) is 20.6 Å². The summed E-state index contributed by atoms with van der Waals surface area (Å²) in [7, 11) is 0. The first-order chi connectivity index (χ1) is 9.22. The molecule has 0 bridgehead atoms. The van der Waals surface area contributed by atoms with Crippen LogP contribution in [-0.4, -0.2) is 30.0 Å². The van der Waals surface area contributed by atoms with Crippen LogP contribution < -0.4 is 10.2 Å². The number of nitrogens with zero attached hydrogens (tertiary/aromatic N) is 2. The minimum Gasteiger partial charge on any atom is -0.353 e. The maximum absolute atomic E-state index is 11.9. The van der Waals surface area contributed by atoms with Crippen molar-refractivity contribution in [2.45, 2.75) is 45.1 Å². The van der Waals surface area contributed by atoms with Gasteiger partial charge in [0.15, 0.2) is 5.13 Å². The van der Waals surface area contributed by atoms with Crippen molar-refractivity contribution in [3.8, 4) is 0 Å². The second-order valence-electron chi connectivity index (χ2n) is 5.67. The second-order valence-corrected chi connectivity index (χ2v) is 6.51. The number of rotatable bonds is 3. The lowest BCUT2D eigenvalue weighted by atomic mass is 9.84. The van der Waals surface area contributed by atoms with E-state index in [4.69, 9.17) is 0 Å². The molecule has 5 heteroatoms. The van der Waals surface area contributed by atoms with E-state index in [1.807, 2.05) is 6.92 Å². The van der Waals surface area contributed by atoms with Crippen molar-refractivity contribution in [3.63, 3.8) is 0 Å². The van der Waals surface area contributed by atoms with Crippen LogP contribution in [0.5, 0.6) is 0 Å². The van der Waals surface area contributed by atoms with Crippen LogP contribution in [0.3, 0.4) is 0 Å². The quantitative estimate of drug-likeness (QED) is 0.923. The molecule has 0 aromatic carbocycles. The number of aromatic nitrogens is 1. The topological polar surface area (TPSA) is 45.2 Å². The summed E-state index contributed by atoms with van der Waals surface area (Å²) in [6, 6.07) is 0.366. The van der Waals surface area contributed by atoms with Crippen LogP contribution in [0, 0.1) is 12.8 Å². The van der Waals surface area contributed by atoms with Crippen LogP contribution in [0.1, 0.15) is 37.8 Å². The predicted molar refractivity (Wildman–Crippen MR) is 77.6 cm³/mol. The smallest absolute Gasteiger partial charge is 0.223 e. The van der Waals surface area contributed by atoms with Crippen LogP contribution in [0.15, 0.2) is 5.38 Å². The van der Waals surface area contributed by atoms with Gasteiger partial charge in [-0.1, -0.05) is 6.42 Å². The van der Waals surface area contributed by atoms with E-state index < -0.39 is 0 Å². The Morgan fingerprint density at radius 1 is 1.37 bits per heavy atom. The molecule has 1 saturated heterocycles. The summed E-state index contributed by atoms with van der Waals surface area (Å²) < 4.78 is 0. The lowest BCUT2D eigenvalue weighted by molar-refractivity contribution is -0.128. The second kappa shape index (κ2) is 5.49. The zero-order valence-corrected chi connectivity index (χ0v) is 12.2. The Kier molecular flexibility index (Phi) is 3.73. The van der Waals surface area contributed by atoms with E-state index in [-0.39, 0.29) is 5.91 Å². The van der Waals surface area contributed by atoms with Gasteiger partial charge < -0.3 is 10.2 Å². The Balaban J connectivity index is 1.47. The number of carbonyl (C=O) groups excluding carboxylic acids is 1. The van der Waals surface area contributed by atoms with E-state index >= 15 is 0 Å². The number of nitrogens with one attached hydrogen (secondary N) is 1. The molecule has 2 heterocycles. The molecule has 1 saturated carbocycles. The minimum atomic E-state index is 0.287. The highest BCUT2D eigenvalue weighted by Crippen LogP contribution is 2.27. The van der Waals surface area contributed by atoms with Crippen molar-refractivity contribution in [2.75, 3.05) is 18.0 Å². The molecule has 4 nitrogen and oxygen atoms in total. The molecule has 104 valence electrons. The van der Waals surface area contributed by atoms with Gasteiger partial charge in [-0.2, -0.15) is 0 Å². The average Bonchev–Trinajstić information content (AvgIpc) is 2.74. The van der Waals surface area contributed by atoms with Crippen molar-refractivity contribution >= 4 is 22.4 Å². The Morgan fingerprint density at radius 3 is 2.63 bits per heavy atom. The van der Waals surface area contributed by atoms with Crippen LogP contribution in [0.2, 0.25) is 0 Å². The monoisotopic (exact) mass is 279 g/mol. The lowest BCUT2D eigenvalue weighted by Crippen LogP contribution is -2.47. The molecule has 0 spiro atoms. The average molecular weight is 279 g/mol. The SMILES string of the molecule is Cc1csc(N2CCC(NC(=O)C3CCC3)CC2)n1. The highest BCUT2D eigenvalue weighted by atomic mass is 32.1. The molecule has 0 unspecified atom stereocenters. The van der Waals surface area contributed by atoms with Gasteiger partial charge in [-0.05, 0) is 32.6 Å². The third kappa shape index (κ3) is 2.91. The number of amides is 1. The minimum absolute atomic E-state index is 0.287. The molecule has 1 aliphatic heterocycles. The first-order valence-corrected chi connectivity index (χ1v) is 8.08. The fraction of sp³-hybridized carbons (Fsp3) is 0.714. The molecule has 1 amide bonds. The first kappa shape index (κ1) is 12.9.